The first-order valence-electron chi connectivity index (χ1n) is 5.76. The molecule has 4 heteroatoms. The topological polar surface area (TPSA) is 46.1 Å². The van der Waals surface area contributed by atoms with Crippen molar-refractivity contribution in [2.45, 2.75) is 39.9 Å². The largest absolute Gasteiger partial charge is 0.352 e. The minimum Gasteiger partial charge on any atom is -0.352 e. The fraction of sp³-hybridized carbons (Fsp3) is 0.583. The highest BCUT2D eigenvalue weighted by atomic mass is 16.2. The fourth-order valence-corrected chi connectivity index (χ4v) is 1.50. The second-order valence-corrected chi connectivity index (χ2v) is 4.19. The molecule has 0 bridgehead atoms. The zero-order chi connectivity index (χ0) is 12.0. The van der Waals surface area contributed by atoms with Gasteiger partial charge in [0.05, 0.1) is 0 Å². The van der Waals surface area contributed by atoms with E-state index < -0.39 is 0 Å². The van der Waals surface area contributed by atoms with E-state index in [1.54, 1.807) is 0 Å². The van der Waals surface area contributed by atoms with Crippen molar-refractivity contribution in [1.82, 2.24) is 15.2 Å². The van der Waals surface area contributed by atoms with Crippen LogP contribution in [0, 0.1) is 0 Å². The summed E-state index contributed by atoms with van der Waals surface area (Å²) < 4.78 is 1.91. The van der Waals surface area contributed by atoms with Crippen molar-refractivity contribution in [3.8, 4) is 0 Å². The summed E-state index contributed by atoms with van der Waals surface area (Å²) >= 11 is 0. The summed E-state index contributed by atoms with van der Waals surface area (Å²) in [5.41, 5.74) is 1.21. The predicted octanol–water partition coefficient (Wildman–Crippen LogP) is 1.12. The summed E-state index contributed by atoms with van der Waals surface area (Å²) in [4.78, 5) is 11.5. The van der Waals surface area contributed by atoms with Crippen molar-refractivity contribution in [2.24, 2.45) is 0 Å². The molecular weight excluding hydrogens is 202 g/mol. The molecule has 0 aliphatic heterocycles. The summed E-state index contributed by atoms with van der Waals surface area (Å²) in [7, 11) is 0. The lowest BCUT2D eigenvalue weighted by Gasteiger charge is -2.08. The van der Waals surface area contributed by atoms with Gasteiger partial charge in [-0.15, -0.1) is 0 Å². The summed E-state index contributed by atoms with van der Waals surface area (Å²) in [6.07, 6.45) is 3.94. The van der Waals surface area contributed by atoms with E-state index in [1.807, 2.05) is 36.9 Å². The van der Waals surface area contributed by atoms with Gasteiger partial charge in [0.25, 0.3) is 0 Å². The number of nitrogens with zero attached hydrogens (tertiary/aromatic N) is 1. The van der Waals surface area contributed by atoms with Gasteiger partial charge >= 0.3 is 0 Å². The van der Waals surface area contributed by atoms with Gasteiger partial charge in [-0.1, -0.05) is 6.92 Å². The quantitative estimate of drug-likeness (QED) is 0.759. The van der Waals surface area contributed by atoms with E-state index in [2.05, 4.69) is 17.6 Å². The van der Waals surface area contributed by atoms with Gasteiger partial charge in [0, 0.05) is 25.0 Å². The van der Waals surface area contributed by atoms with Crippen molar-refractivity contribution < 1.29 is 4.79 Å². The van der Waals surface area contributed by atoms with Crippen molar-refractivity contribution in [3.63, 3.8) is 0 Å². The van der Waals surface area contributed by atoms with Gasteiger partial charge in [0.15, 0.2) is 0 Å². The molecule has 2 N–H and O–H groups in total. The highest BCUT2D eigenvalue weighted by Crippen LogP contribution is 2.00. The molecule has 1 aromatic rings. The van der Waals surface area contributed by atoms with Gasteiger partial charge in [0.2, 0.25) is 5.91 Å². The van der Waals surface area contributed by atoms with Crippen LogP contribution in [0.15, 0.2) is 18.5 Å². The smallest absolute Gasteiger partial charge is 0.240 e. The zero-order valence-corrected chi connectivity index (χ0v) is 10.3. The molecule has 0 fully saturated rings. The molecule has 0 aliphatic carbocycles. The molecule has 90 valence electrons. The van der Waals surface area contributed by atoms with Gasteiger partial charge in [-0.3, -0.25) is 4.79 Å². The lowest BCUT2D eigenvalue weighted by molar-refractivity contribution is -0.122. The van der Waals surface area contributed by atoms with Crippen LogP contribution in [0.5, 0.6) is 0 Å². The molecule has 4 nitrogen and oxygen atoms in total. The lowest BCUT2D eigenvalue weighted by atomic mass is 10.3. The molecule has 1 aromatic heterocycles. The van der Waals surface area contributed by atoms with E-state index in [-0.39, 0.29) is 11.9 Å². The molecule has 0 saturated heterocycles. The fourth-order valence-electron chi connectivity index (χ4n) is 1.50. The molecule has 1 rings (SSSR count). The van der Waals surface area contributed by atoms with E-state index in [0.29, 0.717) is 6.54 Å². The molecular formula is C12H21N3O. The molecule has 0 aromatic carbocycles. The second kappa shape index (κ2) is 6.33. The first-order chi connectivity index (χ1) is 7.61. The lowest BCUT2D eigenvalue weighted by Crippen LogP contribution is -2.32. The predicted molar refractivity (Wildman–Crippen MR) is 65.1 cm³/mol. The summed E-state index contributed by atoms with van der Waals surface area (Å²) in [5.74, 6) is 0.0561. The maximum Gasteiger partial charge on any atom is 0.240 e. The average Bonchev–Trinajstić information content (AvgIpc) is 2.61. The third kappa shape index (κ3) is 4.49. The van der Waals surface area contributed by atoms with Gasteiger partial charge in [0.1, 0.15) is 6.54 Å². The van der Waals surface area contributed by atoms with Gasteiger partial charge in [-0.25, -0.2) is 0 Å². The highest BCUT2D eigenvalue weighted by molar-refractivity contribution is 5.75. The van der Waals surface area contributed by atoms with Crippen LogP contribution < -0.4 is 10.6 Å². The summed E-state index contributed by atoms with van der Waals surface area (Å²) in [6, 6.07) is 2.23. The number of hydrogen-bond donors (Lipinski definition) is 2. The van der Waals surface area contributed by atoms with Crippen LogP contribution in [0.4, 0.5) is 0 Å². The average molecular weight is 223 g/mol. The Labute approximate surface area is 97.0 Å². The number of rotatable bonds is 6. The van der Waals surface area contributed by atoms with Gasteiger partial charge < -0.3 is 15.2 Å². The van der Waals surface area contributed by atoms with E-state index in [9.17, 15) is 4.79 Å². The van der Waals surface area contributed by atoms with Crippen LogP contribution in [0.1, 0.15) is 26.3 Å². The molecule has 0 aliphatic rings. The van der Waals surface area contributed by atoms with E-state index in [4.69, 9.17) is 0 Å². The number of hydrogen-bond acceptors (Lipinski definition) is 2. The molecule has 16 heavy (non-hydrogen) atoms. The van der Waals surface area contributed by atoms with E-state index in [1.165, 1.54) is 5.56 Å². The third-order valence-electron chi connectivity index (χ3n) is 2.17. The maximum absolute atomic E-state index is 11.5. The first-order valence-corrected chi connectivity index (χ1v) is 5.76. The molecule has 0 spiro atoms. The highest BCUT2D eigenvalue weighted by Gasteiger charge is 2.04. The van der Waals surface area contributed by atoms with E-state index in [0.717, 1.165) is 13.1 Å². The van der Waals surface area contributed by atoms with Crippen LogP contribution in [0.2, 0.25) is 0 Å². The third-order valence-corrected chi connectivity index (χ3v) is 2.17. The summed E-state index contributed by atoms with van der Waals surface area (Å²) in [6.45, 7) is 8.21. The normalized spacial score (nSPS) is 10.8. The molecule has 0 unspecified atom stereocenters. The Hall–Kier alpha value is -1.29. The van der Waals surface area contributed by atoms with Crippen LogP contribution in [0.3, 0.4) is 0 Å². The minimum atomic E-state index is 0.0561. The van der Waals surface area contributed by atoms with Gasteiger partial charge in [-0.2, -0.15) is 0 Å². The Morgan fingerprint density at radius 1 is 1.50 bits per heavy atom. The second-order valence-electron chi connectivity index (χ2n) is 4.19. The molecule has 1 heterocycles. The molecule has 0 radical (unpaired) electrons. The van der Waals surface area contributed by atoms with Crippen LogP contribution in [-0.4, -0.2) is 23.1 Å². The number of nitrogens with one attached hydrogen (secondary N) is 2. The minimum absolute atomic E-state index is 0.0561. The van der Waals surface area contributed by atoms with Gasteiger partial charge in [-0.05, 0) is 32.0 Å². The number of aromatic nitrogens is 1. The SMILES string of the molecule is CCNCc1ccn(CC(=O)NC(C)C)c1. The Bertz CT molecular complexity index is 331. The Morgan fingerprint density at radius 2 is 2.25 bits per heavy atom. The van der Waals surface area contributed by atoms with Crippen molar-refractivity contribution in [3.05, 3.63) is 24.0 Å². The Balaban J connectivity index is 2.42. The zero-order valence-electron chi connectivity index (χ0n) is 10.3. The van der Waals surface area contributed by atoms with Crippen molar-refractivity contribution in [1.29, 1.82) is 0 Å². The Morgan fingerprint density at radius 3 is 2.88 bits per heavy atom. The molecule has 0 atom stereocenters. The van der Waals surface area contributed by atoms with Crippen LogP contribution in [0.25, 0.3) is 0 Å². The maximum atomic E-state index is 11.5. The van der Waals surface area contributed by atoms with Crippen molar-refractivity contribution in [2.75, 3.05) is 6.54 Å². The number of carbonyl (C=O) groups is 1. The first kappa shape index (κ1) is 12.8. The van der Waals surface area contributed by atoms with Crippen LogP contribution >= 0.6 is 0 Å². The number of amides is 1. The monoisotopic (exact) mass is 223 g/mol. The Kier molecular flexibility index (Phi) is 5.05. The number of carbonyl (C=O) groups excluding carboxylic acids is 1. The van der Waals surface area contributed by atoms with Crippen LogP contribution in [-0.2, 0) is 17.9 Å². The standard InChI is InChI=1S/C12H21N3O/c1-4-13-7-11-5-6-15(8-11)9-12(16)14-10(2)3/h5-6,8,10,13H,4,7,9H2,1-3H3,(H,14,16). The van der Waals surface area contributed by atoms with Crippen molar-refractivity contribution >= 4 is 5.91 Å². The molecule has 0 saturated carbocycles. The summed E-state index contributed by atoms with van der Waals surface area (Å²) in [5, 5.41) is 6.12. The van der Waals surface area contributed by atoms with E-state index >= 15 is 0 Å². The molecule has 1 amide bonds.